The molecule has 0 amide bonds. The second-order valence-electron chi connectivity index (χ2n) is 4.12. The van der Waals surface area contributed by atoms with Crippen LogP contribution in [0.25, 0.3) is 10.9 Å². The van der Waals surface area contributed by atoms with Crippen molar-refractivity contribution in [1.82, 2.24) is 4.98 Å². The minimum Gasteiger partial charge on any atom is -0.361 e. The lowest BCUT2D eigenvalue weighted by Crippen LogP contribution is -2.11. The lowest BCUT2D eigenvalue weighted by Gasteiger charge is -2.12. The molecule has 2 rings (SSSR count). The molecular formula is C13H18N2. The van der Waals surface area contributed by atoms with Crippen LogP contribution in [0.5, 0.6) is 0 Å². The molecule has 0 radical (unpaired) electrons. The van der Waals surface area contributed by atoms with Crippen LogP contribution in [0.1, 0.15) is 30.4 Å². The van der Waals surface area contributed by atoms with E-state index >= 15 is 0 Å². The molecule has 0 aliphatic heterocycles. The van der Waals surface area contributed by atoms with Crippen molar-refractivity contribution >= 4 is 10.9 Å². The summed E-state index contributed by atoms with van der Waals surface area (Å²) >= 11 is 0. The summed E-state index contributed by atoms with van der Waals surface area (Å²) in [5.41, 5.74) is 9.64. The number of nitrogens with one attached hydrogen (secondary N) is 1. The second kappa shape index (κ2) is 4.07. The van der Waals surface area contributed by atoms with Crippen LogP contribution in [0.2, 0.25) is 0 Å². The number of hydrogen-bond donors (Lipinski definition) is 2. The van der Waals surface area contributed by atoms with E-state index in [1.54, 1.807) is 0 Å². The van der Waals surface area contributed by atoms with Crippen LogP contribution in [0.15, 0.2) is 24.4 Å². The molecule has 15 heavy (non-hydrogen) atoms. The number of aryl methyl sites for hydroxylation is 1. The van der Waals surface area contributed by atoms with E-state index in [-0.39, 0.29) is 0 Å². The molecule has 2 aromatic rings. The van der Waals surface area contributed by atoms with Crippen LogP contribution < -0.4 is 5.73 Å². The van der Waals surface area contributed by atoms with E-state index in [1.807, 2.05) is 0 Å². The zero-order chi connectivity index (χ0) is 10.8. The highest BCUT2D eigenvalue weighted by atomic mass is 14.7. The molecule has 0 fully saturated rings. The molecular weight excluding hydrogens is 184 g/mol. The first-order valence-corrected chi connectivity index (χ1v) is 5.54. The Labute approximate surface area is 90.5 Å². The van der Waals surface area contributed by atoms with Crippen molar-refractivity contribution in [2.75, 3.05) is 6.54 Å². The van der Waals surface area contributed by atoms with Gasteiger partial charge in [-0.2, -0.15) is 0 Å². The van der Waals surface area contributed by atoms with Crippen molar-refractivity contribution in [2.45, 2.75) is 26.2 Å². The van der Waals surface area contributed by atoms with Crippen LogP contribution in [-0.4, -0.2) is 11.5 Å². The van der Waals surface area contributed by atoms with Gasteiger partial charge in [0.25, 0.3) is 0 Å². The molecule has 0 aliphatic rings. The molecule has 2 nitrogen and oxygen atoms in total. The lowest BCUT2D eigenvalue weighted by molar-refractivity contribution is 0.675. The van der Waals surface area contributed by atoms with Crippen molar-refractivity contribution < 1.29 is 0 Å². The molecule has 0 saturated carbocycles. The Hall–Kier alpha value is -1.28. The average Bonchev–Trinajstić information content (AvgIpc) is 2.62. The summed E-state index contributed by atoms with van der Waals surface area (Å²) in [6.45, 7) is 5.04. The van der Waals surface area contributed by atoms with E-state index in [2.05, 4.69) is 43.2 Å². The van der Waals surface area contributed by atoms with Crippen LogP contribution in [-0.2, 0) is 0 Å². The van der Waals surface area contributed by atoms with Gasteiger partial charge in [0.15, 0.2) is 0 Å². The van der Waals surface area contributed by atoms with Crippen LogP contribution in [0.4, 0.5) is 0 Å². The topological polar surface area (TPSA) is 41.8 Å². The van der Waals surface area contributed by atoms with Gasteiger partial charge >= 0.3 is 0 Å². The highest BCUT2D eigenvalue weighted by Crippen LogP contribution is 2.24. The summed E-state index contributed by atoms with van der Waals surface area (Å²) < 4.78 is 0. The zero-order valence-corrected chi connectivity index (χ0v) is 9.38. The number of H-pyrrole nitrogens is 1. The molecule has 1 atom stereocenters. The molecule has 1 aromatic heterocycles. The fourth-order valence-corrected chi connectivity index (χ4v) is 2.07. The van der Waals surface area contributed by atoms with Crippen LogP contribution >= 0.6 is 0 Å². The summed E-state index contributed by atoms with van der Waals surface area (Å²) in [5, 5.41) is 1.32. The average molecular weight is 202 g/mol. The summed E-state index contributed by atoms with van der Waals surface area (Å²) in [5.74, 6) is 0.490. The molecule has 80 valence electrons. The van der Waals surface area contributed by atoms with E-state index in [9.17, 15) is 0 Å². The lowest BCUT2D eigenvalue weighted by atomic mass is 9.95. The third-order valence-corrected chi connectivity index (χ3v) is 3.16. The van der Waals surface area contributed by atoms with Gasteiger partial charge < -0.3 is 10.7 Å². The van der Waals surface area contributed by atoms with E-state index in [4.69, 9.17) is 5.73 Å². The van der Waals surface area contributed by atoms with Crippen molar-refractivity contribution in [2.24, 2.45) is 5.73 Å². The molecule has 3 N–H and O–H groups in total. The first-order valence-electron chi connectivity index (χ1n) is 5.54. The zero-order valence-electron chi connectivity index (χ0n) is 9.38. The quantitative estimate of drug-likeness (QED) is 0.789. The summed E-state index contributed by atoms with van der Waals surface area (Å²) in [6, 6.07) is 6.59. The first kappa shape index (κ1) is 10.2. The molecule has 0 saturated heterocycles. The number of rotatable bonds is 3. The summed E-state index contributed by atoms with van der Waals surface area (Å²) in [7, 11) is 0. The minimum absolute atomic E-state index is 0.490. The van der Waals surface area contributed by atoms with Gasteiger partial charge in [-0.3, -0.25) is 0 Å². The molecule has 1 heterocycles. The smallest absolute Gasteiger partial charge is 0.0456 e. The number of hydrogen-bond acceptors (Lipinski definition) is 1. The van der Waals surface area contributed by atoms with Gasteiger partial charge in [0, 0.05) is 17.1 Å². The summed E-state index contributed by atoms with van der Waals surface area (Å²) in [6.07, 6.45) is 3.16. The number of nitrogens with two attached hydrogens (primary N) is 1. The van der Waals surface area contributed by atoms with Gasteiger partial charge in [0.1, 0.15) is 0 Å². The SMILES string of the molecule is CCC(CN)c1ccc2[nH]cc(C)c2c1. The summed E-state index contributed by atoms with van der Waals surface area (Å²) in [4.78, 5) is 3.26. The Bertz CT molecular complexity index is 453. The number of benzene rings is 1. The maximum absolute atomic E-state index is 5.76. The van der Waals surface area contributed by atoms with E-state index < -0.39 is 0 Å². The van der Waals surface area contributed by atoms with Crippen molar-refractivity contribution in [3.63, 3.8) is 0 Å². The minimum atomic E-state index is 0.490. The Morgan fingerprint density at radius 3 is 2.87 bits per heavy atom. The predicted molar refractivity (Wildman–Crippen MR) is 65.1 cm³/mol. The van der Waals surface area contributed by atoms with Gasteiger partial charge in [-0.1, -0.05) is 13.0 Å². The third kappa shape index (κ3) is 1.77. The standard InChI is InChI=1S/C13H18N2/c1-3-10(7-14)11-4-5-13-12(6-11)9(2)8-15-13/h4-6,8,10,15H,3,7,14H2,1-2H3. The van der Waals surface area contributed by atoms with E-state index in [0.717, 1.165) is 13.0 Å². The van der Waals surface area contributed by atoms with E-state index in [0.29, 0.717) is 5.92 Å². The van der Waals surface area contributed by atoms with Crippen molar-refractivity contribution in [3.05, 3.63) is 35.5 Å². The molecule has 0 spiro atoms. The first-order chi connectivity index (χ1) is 7.26. The Balaban J connectivity index is 2.49. The largest absolute Gasteiger partial charge is 0.361 e. The second-order valence-corrected chi connectivity index (χ2v) is 4.12. The highest BCUT2D eigenvalue weighted by Gasteiger charge is 2.08. The van der Waals surface area contributed by atoms with Crippen molar-refractivity contribution in [1.29, 1.82) is 0 Å². The molecule has 2 heteroatoms. The number of aromatic amines is 1. The van der Waals surface area contributed by atoms with Crippen molar-refractivity contribution in [3.8, 4) is 0 Å². The van der Waals surface area contributed by atoms with Gasteiger partial charge in [-0.05, 0) is 49.1 Å². The fourth-order valence-electron chi connectivity index (χ4n) is 2.07. The van der Waals surface area contributed by atoms with Gasteiger partial charge in [-0.25, -0.2) is 0 Å². The van der Waals surface area contributed by atoms with Gasteiger partial charge in [0.05, 0.1) is 0 Å². The van der Waals surface area contributed by atoms with Gasteiger partial charge in [-0.15, -0.1) is 0 Å². The third-order valence-electron chi connectivity index (χ3n) is 3.16. The maximum Gasteiger partial charge on any atom is 0.0456 e. The van der Waals surface area contributed by atoms with Gasteiger partial charge in [0.2, 0.25) is 0 Å². The fraction of sp³-hybridized carbons (Fsp3) is 0.385. The normalized spacial score (nSPS) is 13.3. The molecule has 1 aromatic carbocycles. The number of aromatic nitrogens is 1. The Morgan fingerprint density at radius 2 is 2.20 bits per heavy atom. The molecule has 0 bridgehead atoms. The molecule has 0 aliphatic carbocycles. The monoisotopic (exact) mass is 202 g/mol. The Morgan fingerprint density at radius 1 is 1.40 bits per heavy atom. The molecule has 1 unspecified atom stereocenters. The van der Waals surface area contributed by atoms with Crippen LogP contribution in [0.3, 0.4) is 0 Å². The maximum atomic E-state index is 5.76. The predicted octanol–water partition coefficient (Wildman–Crippen LogP) is 2.93. The van der Waals surface area contributed by atoms with E-state index in [1.165, 1.54) is 22.0 Å². The number of fused-ring (bicyclic) bond motifs is 1. The highest BCUT2D eigenvalue weighted by molar-refractivity contribution is 5.83. The Kier molecular flexibility index (Phi) is 2.78. The van der Waals surface area contributed by atoms with Crippen LogP contribution in [0, 0.1) is 6.92 Å².